The Bertz CT molecular complexity index is 607. The second-order valence-corrected chi connectivity index (χ2v) is 6.27. The molecule has 0 saturated carbocycles. The van der Waals surface area contributed by atoms with E-state index in [4.69, 9.17) is 28.9 Å². The maximum atomic E-state index is 13.4. The molecule has 0 fully saturated rings. The van der Waals surface area contributed by atoms with Crippen molar-refractivity contribution in [3.05, 3.63) is 50.7 Å². The highest BCUT2D eigenvalue weighted by Crippen LogP contribution is 2.37. The van der Waals surface area contributed by atoms with Crippen molar-refractivity contribution in [2.24, 2.45) is 0 Å². The molecule has 0 unspecified atom stereocenters. The molecule has 2 N–H and O–H groups in total. The van der Waals surface area contributed by atoms with E-state index in [-0.39, 0.29) is 5.82 Å². The Hall–Kier alpha value is -0.420. The zero-order valence-electron chi connectivity index (χ0n) is 8.88. The van der Waals surface area contributed by atoms with Crippen molar-refractivity contribution < 1.29 is 4.39 Å². The average molecular weight is 367 g/mol. The van der Waals surface area contributed by atoms with Crippen molar-refractivity contribution in [3.63, 3.8) is 0 Å². The summed E-state index contributed by atoms with van der Waals surface area (Å²) in [6, 6.07) is 8.13. The zero-order valence-corrected chi connectivity index (χ0v) is 12.8. The summed E-state index contributed by atoms with van der Waals surface area (Å²) < 4.78 is 13.8. The molecular formula is C12H7BrCl2FNS. The van der Waals surface area contributed by atoms with Crippen LogP contribution in [-0.4, -0.2) is 0 Å². The van der Waals surface area contributed by atoms with E-state index in [0.717, 1.165) is 4.90 Å². The fourth-order valence-corrected chi connectivity index (χ4v) is 2.93. The van der Waals surface area contributed by atoms with Crippen LogP contribution >= 0.6 is 50.9 Å². The third kappa shape index (κ3) is 3.12. The lowest BCUT2D eigenvalue weighted by Crippen LogP contribution is -1.91. The molecule has 0 spiro atoms. The molecule has 6 heteroatoms. The fourth-order valence-electron chi connectivity index (χ4n) is 1.30. The van der Waals surface area contributed by atoms with Gasteiger partial charge in [-0.05, 0) is 46.3 Å². The normalized spacial score (nSPS) is 10.7. The maximum Gasteiger partial charge on any atom is 0.138 e. The van der Waals surface area contributed by atoms with Gasteiger partial charge in [-0.15, -0.1) is 0 Å². The van der Waals surface area contributed by atoms with Crippen LogP contribution in [0.1, 0.15) is 0 Å². The Balaban J connectivity index is 2.34. The van der Waals surface area contributed by atoms with Gasteiger partial charge in [0, 0.05) is 15.5 Å². The average Bonchev–Trinajstić information content (AvgIpc) is 2.31. The summed E-state index contributed by atoms with van der Waals surface area (Å²) in [5, 5.41) is 0.939. The molecule has 18 heavy (non-hydrogen) atoms. The van der Waals surface area contributed by atoms with Crippen LogP contribution < -0.4 is 5.73 Å². The van der Waals surface area contributed by atoms with Crippen molar-refractivity contribution in [1.29, 1.82) is 0 Å². The van der Waals surface area contributed by atoms with E-state index >= 15 is 0 Å². The number of nitrogens with two attached hydrogens (primary N) is 1. The van der Waals surface area contributed by atoms with Crippen LogP contribution in [0, 0.1) is 5.82 Å². The Morgan fingerprint density at radius 1 is 1.11 bits per heavy atom. The van der Waals surface area contributed by atoms with Crippen LogP contribution in [0.3, 0.4) is 0 Å². The molecule has 0 aromatic heterocycles. The number of anilines is 1. The van der Waals surface area contributed by atoms with Crippen LogP contribution in [0.5, 0.6) is 0 Å². The Kier molecular flexibility index (Phi) is 4.43. The van der Waals surface area contributed by atoms with Crippen LogP contribution in [0.4, 0.5) is 10.1 Å². The van der Waals surface area contributed by atoms with Gasteiger partial charge < -0.3 is 5.73 Å². The molecule has 0 aliphatic heterocycles. The summed E-state index contributed by atoms with van der Waals surface area (Å²) in [5.41, 5.74) is 6.33. The highest BCUT2D eigenvalue weighted by molar-refractivity contribution is 9.10. The first kappa shape index (κ1) is 14.0. The van der Waals surface area contributed by atoms with Crippen LogP contribution in [0.15, 0.2) is 44.6 Å². The third-order valence-electron chi connectivity index (χ3n) is 2.17. The van der Waals surface area contributed by atoms with Gasteiger partial charge in [-0.3, -0.25) is 0 Å². The fraction of sp³-hybridized carbons (Fsp3) is 0. The van der Waals surface area contributed by atoms with Gasteiger partial charge >= 0.3 is 0 Å². The first-order chi connectivity index (χ1) is 8.47. The molecule has 0 heterocycles. The topological polar surface area (TPSA) is 26.0 Å². The SMILES string of the molecule is Nc1cc(Br)c(F)cc1Sc1ccc(Cl)c(Cl)c1. The Labute approximate surface area is 127 Å². The predicted molar refractivity (Wildman–Crippen MR) is 79.1 cm³/mol. The quantitative estimate of drug-likeness (QED) is 0.697. The first-order valence-corrected chi connectivity index (χ1v) is 7.21. The Morgan fingerprint density at radius 3 is 2.50 bits per heavy atom. The molecule has 2 aromatic carbocycles. The van der Waals surface area contributed by atoms with Gasteiger partial charge in [0.1, 0.15) is 5.82 Å². The predicted octanol–water partition coefficient (Wildman–Crippen LogP) is 5.63. The lowest BCUT2D eigenvalue weighted by Gasteiger charge is -2.07. The van der Waals surface area contributed by atoms with Gasteiger partial charge in [-0.25, -0.2) is 4.39 Å². The zero-order chi connectivity index (χ0) is 13.3. The molecule has 94 valence electrons. The molecule has 0 bridgehead atoms. The molecule has 0 radical (unpaired) electrons. The number of rotatable bonds is 2. The number of nitrogen functional groups attached to an aromatic ring is 1. The van der Waals surface area contributed by atoms with E-state index in [1.165, 1.54) is 23.9 Å². The second-order valence-electron chi connectivity index (χ2n) is 3.48. The number of benzene rings is 2. The highest BCUT2D eigenvalue weighted by atomic mass is 79.9. The van der Waals surface area contributed by atoms with Crippen molar-refractivity contribution >= 4 is 56.6 Å². The van der Waals surface area contributed by atoms with E-state index in [1.54, 1.807) is 18.2 Å². The van der Waals surface area contributed by atoms with E-state index < -0.39 is 0 Å². The van der Waals surface area contributed by atoms with E-state index in [0.29, 0.717) is 25.1 Å². The molecule has 0 saturated heterocycles. The number of halogens is 4. The summed E-state index contributed by atoms with van der Waals surface area (Å²) in [4.78, 5) is 1.48. The third-order valence-corrected chi connectivity index (χ3v) is 4.58. The van der Waals surface area contributed by atoms with Gasteiger partial charge in [0.05, 0.1) is 14.5 Å². The molecule has 1 nitrogen and oxygen atoms in total. The molecule has 0 atom stereocenters. The summed E-state index contributed by atoms with van der Waals surface area (Å²) in [6.07, 6.45) is 0. The second kappa shape index (κ2) is 5.70. The van der Waals surface area contributed by atoms with Crippen LogP contribution in [0.2, 0.25) is 10.0 Å². The summed E-state index contributed by atoms with van der Waals surface area (Å²) in [7, 11) is 0. The van der Waals surface area contributed by atoms with Crippen molar-refractivity contribution in [2.75, 3.05) is 5.73 Å². The van der Waals surface area contributed by atoms with Crippen LogP contribution in [0.25, 0.3) is 0 Å². The van der Waals surface area contributed by atoms with Gasteiger partial charge in [-0.1, -0.05) is 35.0 Å². The molecule has 2 aromatic rings. The first-order valence-electron chi connectivity index (χ1n) is 4.85. The van der Waals surface area contributed by atoms with Gasteiger partial charge in [0.25, 0.3) is 0 Å². The Morgan fingerprint density at radius 2 is 1.83 bits per heavy atom. The molecule has 0 amide bonds. The smallest absolute Gasteiger partial charge is 0.138 e. The van der Waals surface area contributed by atoms with E-state index in [2.05, 4.69) is 15.9 Å². The number of hydrogen-bond donors (Lipinski definition) is 1. The standard InChI is InChI=1S/C12H7BrCl2FNS/c13-7-4-11(17)12(5-10(7)16)18-6-1-2-8(14)9(15)3-6/h1-5H,17H2. The van der Waals surface area contributed by atoms with Crippen molar-refractivity contribution in [2.45, 2.75) is 9.79 Å². The monoisotopic (exact) mass is 365 g/mol. The maximum absolute atomic E-state index is 13.4. The lowest BCUT2D eigenvalue weighted by molar-refractivity contribution is 0.618. The molecule has 0 aliphatic rings. The van der Waals surface area contributed by atoms with E-state index in [1.807, 2.05) is 0 Å². The molecule has 2 rings (SSSR count). The van der Waals surface area contributed by atoms with Gasteiger partial charge in [0.2, 0.25) is 0 Å². The van der Waals surface area contributed by atoms with Crippen LogP contribution in [-0.2, 0) is 0 Å². The van der Waals surface area contributed by atoms with Gasteiger partial charge in [-0.2, -0.15) is 0 Å². The minimum absolute atomic E-state index is 0.346. The molecule has 0 aliphatic carbocycles. The highest BCUT2D eigenvalue weighted by Gasteiger charge is 2.08. The van der Waals surface area contributed by atoms with E-state index in [9.17, 15) is 4.39 Å². The van der Waals surface area contributed by atoms with Crippen molar-refractivity contribution in [3.8, 4) is 0 Å². The minimum Gasteiger partial charge on any atom is -0.398 e. The summed E-state index contributed by atoms with van der Waals surface area (Å²) >= 11 is 16.2. The number of hydrogen-bond acceptors (Lipinski definition) is 2. The summed E-state index contributed by atoms with van der Waals surface area (Å²) in [6.45, 7) is 0. The van der Waals surface area contributed by atoms with Crippen molar-refractivity contribution in [1.82, 2.24) is 0 Å². The summed E-state index contributed by atoms with van der Waals surface area (Å²) in [5.74, 6) is -0.355. The largest absolute Gasteiger partial charge is 0.398 e. The van der Waals surface area contributed by atoms with Gasteiger partial charge in [0.15, 0.2) is 0 Å². The molecular weight excluding hydrogens is 360 g/mol. The lowest BCUT2D eigenvalue weighted by atomic mass is 10.3. The minimum atomic E-state index is -0.355.